The molecule has 0 spiro atoms. The summed E-state index contributed by atoms with van der Waals surface area (Å²) in [6.45, 7) is 0.675. The summed E-state index contributed by atoms with van der Waals surface area (Å²) in [5.41, 5.74) is 0.419. The van der Waals surface area contributed by atoms with Crippen molar-refractivity contribution < 1.29 is 69.3 Å². The molecule has 8 N–H and O–H groups in total. The van der Waals surface area contributed by atoms with Crippen molar-refractivity contribution in [3.8, 4) is 23.0 Å². The van der Waals surface area contributed by atoms with Gasteiger partial charge in [-0.25, -0.2) is 0 Å². The Kier molecular flexibility index (Phi) is 8.20. The standard InChI is InChI=1S/C27H30O14/c1-10-19(31)22(34)24(36)26(37-10)41-25-23(35)21(33)17(9-28)40-27(25)39-15-8-13(30)7-14-18(15)20(32)16(38-14)6-11-2-4-12(29)5-3-11/h2-8,10,17,19,21-31,33-36H,9H2,1H3/b16-6-/t10?,17?,19-,21+,22?,23-,24-,25?,26-,27+/m0/s1. The summed E-state index contributed by atoms with van der Waals surface area (Å²) in [4.78, 5) is 13.3. The van der Waals surface area contributed by atoms with Crippen LogP contribution in [0.1, 0.15) is 22.8 Å². The van der Waals surface area contributed by atoms with Crippen LogP contribution >= 0.6 is 0 Å². The molecule has 0 bridgehead atoms. The fraction of sp³-hybridized carbons (Fsp3) is 0.444. The Balaban J connectivity index is 1.45. The number of carbonyl (C=O) groups excluding carboxylic acids is 1. The van der Waals surface area contributed by atoms with Crippen LogP contribution in [0, 0.1) is 0 Å². The van der Waals surface area contributed by atoms with E-state index >= 15 is 0 Å². The Bertz CT molecular complexity index is 1300. The maximum Gasteiger partial charge on any atom is 0.235 e. The number of hydrogen-bond donors (Lipinski definition) is 8. The van der Waals surface area contributed by atoms with Crippen LogP contribution < -0.4 is 9.47 Å². The number of carbonyl (C=O) groups is 1. The molecule has 2 aromatic carbocycles. The van der Waals surface area contributed by atoms with Gasteiger partial charge in [-0.2, -0.15) is 0 Å². The summed E-state index contributed by atoms with van der Waals surface area (Å²) in [5, 5.41) is 81.4. The normalized spacial score (nSPS) is 36.2. The summed E-state index contributed by atoms with van der Waals surface area (Å²) < 4.78 is 28.3. The van der Waals surface area contributed by atoms with Gasteiger partial charge in [-0.15, -0.1) is 0 Å². The molecule has 41 heavy (non-hydrogen) atoms. The first kappa shape index (κ1) is 29.2. The van der Waals surface area contributed by atoms with Crippen LogP contribution in [0.15, 0.2) is 42.2 Å². The predicted molar refractivity (Wildman–Crippen MR) is 135 cm³/mol. The smallest absolute Gasteiger partial charge is 0.235 e. The average Bonchev–Trinajstić information content (AvgIpc) is 3.25. The largest absolute Gasteiger partial charge is 0.508 e. The van der Waals surface area contributed by atoms with Crippen molar-refractivity contribution in [3.63, 3.8) is 0 Å². The SMILES string of the molecule is CC1O[C@@H](OC2[C@H](Oc3cc(O)cc4c3C(=O)/C(=C/c3ccc(O)cc3)O4)OC(CO)[C@@H](O)[C@@H]2O)[C@@H](O)C(O)[C@H]1O. The lowest BCUT2D eigenvalue weighted by Crippen LogP contribution is -2.64. The minimum absolute atomic E-state index is 0.0266. The number of ketones is 1. The third kappa shape index (κ3) is 5.61. The van der Waals surface area contributed by atoms with Crippen LogP contribution in [0.4, 0.5) is 0 Å². The Labute approximate surface area is 232 Å². The molecule has 5 rings (SSSR count). The highest BCUT2D eigenvalue weighted by atomic mass is 16.8. The van der Waals surface area contributed by atoms with Gasteiger partial charge in [0.2, 0.25) is 12.1 Å². The second-order valence-corrected chi connectivity index (χ2v) is 9.95. The number of hydrogen-bond acceptors (Lipinski definition) is 14. The van der Waals surface area contributed by atoms with E-state index in [2.05, 4.69) is 0 Å². The van der Waals surface area contributed by atoms with Crippen LogP contribution in [0.5, 0.6) is 23.0 Å². The Morgan fingerprint density at radius 3 is 2.24 bits per heavy atom. The van der Waals surface area contributed by atoms with E-state index < -0.39 is 73.8 Å². The first-order valence-corrected chi connectivity index (χ1v) is 12.7. The average molecular weight is 579 g/mol. The topological polar surface area (TPSA) is 225 Å². The third-order valence-corrected chi connectivity index (χ3v) is 7.08. The molecule has 0 saturated carbocycles. The quantitative estimate of drug-likeness (QED) is 0.187. The van der Waals surface area contributed by atoms with E-state index in [9.17, 15) is 45.6 Å². The van der Waals surface area contributed by atoms with Gasteiger partial charge in [-0.3, -0.25) is 4.79 Å². The number of phenolic OH excluding ortho intramolecular Hbond substituents is 2. The number of aliphatic hydroxyl groups excluding tert-OH is 6. The number of ether oxygens (including phenoxy) is 5. The van der Waals surface area contributed by atoms with E-state index in [0.717, 1.165) is 6.07 Å². The van der Waals surface area contributed by atoms with Gasteiger partial charge in [0, 0.05) is 12.1 Å². The summed E-state index contributed by atoms with van der Waals surface area (Å²) in [7, 11) is 0. The van der Waals surface area contributed by atoms with Crippen LogP contribution in [0.2, 0.25) is 0 Å². The number of benzene rings is 2. The van der Waals surface area contributed by atoms with Gasteiger partial charge >= 0.3 is 0 Å². The van der Waals surface area contributed by atoms with E-state index in [0.29, 0.717) is 5.56 Å². The van der Waals surface area contributed by atoms with Crippen LogP contribution in [-0.2, 0) is 14.2 Å². The molecule has 2 fully saturated rings. The molecule has 0 amide bonds. The Hall–Kier alpha value is -3.31. The van der Waals surface area contributed by atoms with Gasteiger partial charge in [0.15, 0.2) is 18.2 Å². The number of aromatic hydroxyl groups is 2. The van der Waals surface area contributed by atoms with Crippen LogP contribution in [0.25, 0.3) is 6.08 Å². The molecule has 4 unspecified atom stereocenters. The molecule has 0 aromatic heterocycles. The minimum atomic E-state index is -1.79. The lowest BCUT2D eigenvalue weighted by atomic mass is 9.97. The monoisotopic (exact) mass is 578 g/mol. The van der Waals surface area contributed by atoms with Gasteiger partial charge in [0.05, 0.1) is 12.7 Å². The highest BCUT2D eigenvalue weighted by molar-refractivity contribution is 6.16. The molecule has 0 aliphatic carbocycles. The molecule has 222 valence electrons. The zero-order chi connectivity index (χ0) is 29.6. The Morgan fingerprint density at radius 1 is 0.854 bits per heavy atom. The van der Waals surface area contributed by atoms with Crippen molar-refractivity contribution in [2.24, 2.45) is 0 Å². The van der Waals surface area contributed by atoms with Crippen molar-refractivity contribution in [2.45, 2.75) is 68.3 Å². The van der Waals surface area contributed by atoms with Crippen molar-refractivity contribution >= 4 is 11.9 Å². The summed E-state index contributed by atoms with van der Waals surface area (Å²) in [6.07, 6.45) is -14.2. The molecular formula is C27H30O14. The molecule has 14 heteroatoms. The molecule has 2 aromatic rings. The molecule has 0 radical (unpaired) electrons. The van der Waals surface area contributed by atoms with Gasteiger partial charge in [-0.05, 0) is 30.7 Å². The van der Waals surface area contributed by atoms with E-state index in [1.807, 2.05) is 0 Å². The maximum absolute atomic E-state index is 13.3. The molecule has 3 aliphatic heterocycles. The molecule has 3 aliphatic rings. The van der Waals surface area contributed by atoms with E-state index in [-0.39, 0.29) is 34.3 Å². The number of aliphatic hydroxyl groups is 6. The van der Waals surface area contributed by atoms with Gasteiger partial charge in [0.25, 0.3) is 0 Å². The second kappa shape index (κ2) is 11.5. The Morgan fingerprint density at radius 2 is 1.56 bits per heavy atom. The van der Waals surface area contributed by atoms with Crippen LogP contribution in [-0.4, -0.2) is 115 Å². The van der Waals surface area contributed by atoms with Crippen molar-refractivity contribution in [1.82, 2.24) is 0 Å². The molecule has 14 nitrogen and oxygen atoms in total. The van der Waals surface area contributed by atoms with E-state index in [4.69, 9.17) is 23.7 Å². The third-order valence-electron chi connectivity index (χ3n) is 7.08. The van der Waals surface area contributed by atoms with Crippen LogP contribution in [0.3, 0.4) is 0 Å². The predicted octanol–water partition coefficient (Wildman–Crippen LogP) is -1.26. The van der Waals surface area contributed by atoms with Gasteiger partial charge in [0.1, 0.15) is 65.2 Å². The summed E-state index contributed by atoms with van der Waals surface area (Å²) in [6, 6.07) is 8.21. The number of allylic oxidation sites excluding steroid dienone is 1. The maximum atomic E-state index is 13.3. The highest BCUT2D eigenvalue weighted by Gasteiger charge is 2.51. The first-order valence-electron chi connectivity index (χ1n) is 12.7. The lowest BCUT2D eigenvalue weighted by Gasteiger charge is -2.45. The molecule has 2 saturated heterocycles. The zero-order valence-electron chi connectivity index (χ0n) is 21.5. The highest BCUT2D eigenvalue weighted by Crippen LogP contribution is 2.43. The van der Waals surface area contributed by atoms with E-state index in [1.54, 1.807) is 12.1 Å². The van der Waals surface area contributed by atoms with Crippen molar-refractivity contribution in [3.05, 3.63) is 53.3 Å². The second-order valence-electron chi connectivity index (χ2n) is 9.95. The summed E-state index contributed by atoms with van der Waals surface area (Å²) in [5.74, 6) is -1.40. The van der Waals surface area contributed by atoms with Gasteiger partial charge in [-0.1, -0.05) is 12.1 Å². The first-order chi connectivity index (χ1) is 19.5. The molecule has 10 atom stereocenters. The molecular weight excluding hydrogens is 548 g/mol. The fourth-order valence-electron chi connectivity index (χ4n) is 4.78. The number of phenols is 2. The van der Waals surface area contributed by atoms with Gasteiger partial charge < -0.3 is 64.5 Å². The number of rotatable bonds is 6. The fourth-order valence-corrected chi connectivity index (χ4v) is 4.78. The number of Topliss-reactive ketones (excluding diaryl/α,β-unsaturated/α-hetero) is 1. The number of fused-ring (bicyclic) bond motifs is 1. The zero-order valence-corrected chi connectivity index (χ0v) is 21.5. The molecule has 3 heterocycles. The van der Waals surface area contributed by atoms with Crippen molar-refractivity contribution in [1.29, 1.82) is 0 Å². The minimum Gasteiger partial charge on any atom is -0.508 e. The summed E-state index contributed by atoms with van der Waals surface area (Å²) >= 11 is 0. The van der Waals surface area contributed by atoms with E-state index in [1.165, 1.54) is 31.2 Å². The lowest BCUT2D eigenvalue weighted by molar-refractivity contribution is -0.354. The van der Waals surface area contributed by atoms with Crippen molar-refractivity contribution in [2.75, 3.05) is 6.61 Å².